The van der Waals surface area contributed by atoms with Gasteiger partial charge in [-0.05, 0) is 32.1 Å². The standard InChI is InChI=1S/C17H30N2O5/c1-13(14-6-7-17(11-14)23-9-10-24-17)19(16(20)22-3)18-8-4-5-15(18)12-21-2/h13-15H,4-12H2,1-3H3/t13-,14-,15+/m1/s1. The van der Waals surface area contributed by atoms with Crippen LogP contribution in [0.2, 0.25) is 0 Å². The van der Waals surface area contributed by atoms with Gasteiger partial charge in [-0.25, -0.2) is 14.8 Å². The van der Waals surface area contributed by atoms with E-state index in [9.17, 15) is 4.79 Å². The molecule has 0 bridgehead atoms. The molecule has 3 aliphatic rings. The van der Waals surface area contributed by atoms with Crippen molar-refractivity contribution in [2.75, 3.05) is 40.6 Å². The lowest BCUT2D eigenvalue weighted by Gasteiger charge is -2.41. The van der Waals surface area contributed by atoms with Crippen molar-refractivity contribution in [3.8, 4) is 0 Å². The molecule has 1 spiro atoms. The van der Waals surface area contributed by atoms with Crippen LogP contribution in [0, 0.1) is 5.92 Å². The SMILES string of the molecule is COC[C@@H]1CCCN1N(C(=O)OC)[C@H](C)[C@@H]1CCC2(C1)OCCO2. The molecule has 0 aromatic carbocycles. The molecule has 2 aliphatic heterocycles. The molecule has 1 amide bonds. The van der Waals surface area contributed by atoms with Crippen molar-refractivity contribution in [1.82, 2.24) is 10.0 Å². The van der Waals surface area contributed by atoms with Gasteiger partial charge in [-0.1, -0.05) is 0 Å². The average Bonchev–Trinajstić information content (AvgIpc) is 3.31. The summed E-state index contributed by atoms with van der Waals surface area (Å²) in [6, 6.07) is 0.271. The fourth-order valence-corrected chi connectivity index (χ4v) is 4.44. The van der Waals surface area contributed by atoms with Crippen LogP contribution in [-0.4, -0.2) is 74.6 Å². The second-order valence-electron chi connectivity index (χ2n) is 7.08. The molecule has 2 saturated heterocycles. The van der Waals surface area contributed by atoms with E-state index < -0.39 is 5.79 Å². The van der Waals surface area contributed by atoms with E-state index in [4.69, 9.17) is 18.9 Å². The summed E-state index contributed by atoms with van der Waals surface area (Å²) in [6.45, 7) is 4.94. The third-order valence-corrected chi connectivity index (χ3v) is 5.69. The van der Waals surface area contributed by atoms with Crippen molar-refractivity contribution in [2.45, 2.75) is 56.9 Å². The molecule has 0 radical (unpaired) electrons. The molecule has 0 unspecified atom stereocenters. The largest absolute Gasteiger partial charge is 0.452 e. The molecule has 7 nitrogen and oxygen atoms in total. The van der Waals surface area contributed by atoms with Crippen molar-refractivity contribution in [2.24, 2.45) is 5.92 Å². The third-order valence-electron chi connectivity index (χ3n) is 5.69. The van der Waals surface area contributed by atoms with Gasteiger partial charge >= 0.3 is 6.09 Å². The zero-order chi connectivity index (χ0) is 17.2. The number of hydrazine groups is 1. The summed E-state index contributed by atoms with van der Waals surface area (Å²) in [5, 5.41) is 3.96. The van der Waals surface area contributed by atoms with Gasteiger partial charge in [-0.2, -0.15) is 0 Å². The maximum absolute atomic E-state index is 12.5. The molecule has 2 heterocycles. The Morgan fingerprint density at radius 2 is 2.08 bits per heavy atom. The Kier molecular flexibility index (Phi) is 5.64. The van der Waals surface area contributed by atoms with E-state index in [0.717, 1.165) is 38.6 Å². The van der Waals surface area contributed by atoms with Crippen LogP contribution in [0.4, 0.5) is 4.79 Å². The van der Waals surface area contributed by atoms with Crippen LogP contribution in [0.5, 0.6) is 0 Å². The predicted octanol–water partition coefficient (Wildman–Crippen LogP) is 2.01. The van der Waals surface area contributed by atoms with Gasteiger partial charge in [0.05, 0.1) is 39.0 Å². The molecule has 24 heavy (non-hydrogen) atoms. The molecule has 3 fully saturated rings. The maximum Gasteiger partial charge on any atom is 0.424 e. The molecule has 138 valence electrons. The Balaban J connectivity index is 1.72. The van der Waals surface area contributed by atoms with Crippen molar-refractivity contribution in [3.05, 3.63) is 0 Å². The Morgan fingerprint density at radius 3 is 2.75 bits per heavy atom. The minimum Gasteiger partial charge on any atom is -0.452 e. The van der Waals surface area contributed by atoms with Crippen LogP contribution in [-0.2, 0) is 18.9 Å². The molecular weight excluding hydrogens is 312 g/mol. The number of carbonyl (C=O) groups is 1. The Bertz CT molecular complexity index is 441. The summed E-state index contributed by atoms with van der Waals surface area (Å²) < 4.78 is 22.1. The molecule has 3 rings (SSSR count). The molecule has 0 aromatic heterocycles. The van der Waals surface area contributed by atoms with E-state index in [0.29, 0.717) is 25.7 Å². The summed E-state index contributed by atoms with van der Waals surface area (Å²) in [6.07, 6.45) is 4.55. The lowest BCUT2D eigenvalue weighted by atomic mass is 9.98. The van der Waals surface area contributed by atoms with E-state index in [2.05, 4.69) is 11.9 Å². The number of ether oxygens (including phenoxy) is 4. The minimum absolute atomic E-state index is 0.0436. The lowest BCUT2D eigenvalue weighted by Crippen LogP contribution is -2.56. The number of hydrogen-bond acceptors (Lipinski definition) is 6. The first-order valence-electron chi connectivity index (χ1n) is 9.01. The maximum atomic E-state index is 12.5. The van der Waals surface area contributed by atoms with Crippen LogP contribution in [0.25, 0.3) is 0 Å². The highest BCUT2D eigenvalue weighted by molar-refractivity contribution is 5.67. The highest BCUT2D eigenvalue weighted by Gasteiger charge is 2.48. The number of hydrogen-bond donors (Lipinski definition) is 0. The van der Waals surface area contributed by atoms with Crippen molar-refractivity contribution < 1.29 is 23.7 Å². The smallest absolute Gasteiger partial charge is 0.424 e. The van der Waals surface area contributed by atoms with Crippen LogP contribution >= 0.6 is 0 Å². The minimum atomic E-state index is -0.419. The first-order chi connectivity index (χ1) is 11.6. The summed E-state index contributed by atoms with van der Waals surface area (Å²) >= 11 is 0. The first-order valence-corrected chi connectivity index (χ1v) is 9.01. The van der Waals surface area contributed by atoms with Gasteiger partial charge in [0, 0.05) is 26.5 Å². The van der Waals surface area contributed by atoms with Gasteiger partial charge in [0.1, 0.15) is 0 Å². The Hall–Kier alpha value is -0.890. The van der Waals surface area contributed by atoms with Gasteiger partial charge in [-0.15, -0.1) is 0 Å². The quantitative estimate of drug-likeness (QED) is 0.762. The Labute approximate surface area is 144 Å². The fraction of sp³-hybridized carbons (Fsp3) is 0.941. The number of rotatable bonds is 5. The monoisotopic (exact) mass is 342 g/mol. The summed E-state index contributed by atoms with van der Waals surface area (Å²) in [5.41, 5.74) is 0. The zero-order valence-corrected chi connectivity index (χ0v) is 15.0. The van der Waals surface area contributed by atoms with E-state index in [1.165, 1.54) is 7.11 Å². The Morgan fingerprint density at radius 1 is 1.33 bits per heavy atom. The molecule has 3 atom stereocenters. The van der Waals surface area contributed by atoms with E-state index >= 15 is 0 Å². The second kappa shape index (κ2) is 7.56. The highest BCUT2D eigenvalue weighted by atomic mass is 16.7. The molecule has 7 heteroatoms. The van der Waals surface area contributed by atoms with E-state index in [-0.39, 0.29) is 18.2 Å². The molecule has 0 N–H and O–H groups in total. The summed E-state index contributed by atoms with van der Waals surface area (Å²) in [5.74, 6) is -0.0801. The molecule has 1 saturated carbocycles. The van der Waals surface area contributed by atoms with Crippen molar-refractivity contribution in [1.29, 1.82) is 0 Å². The lowest BCUT2D eigenvalue weighted by molar-refractivity contribution is -0.156. The first kappa shape index (κ1) is 17.9. The van der Waals surface area contributed by atoms with Crippen LogP contribution in [0.15, 0.2) is 0 Å². The van der Waals surface area contributed by atoms with Crippen molar-refractivity contribution in [3.63, 3.8) is 0 Å². The number of amides is 1. The second-order valence-corrected chi connectivity index (χ2v) is 7.08. The number of methoxy groups -OCH3 is 2. The summed E-state index contributed by atoms with van der Waals surface area (Å²) in [7, 11) is 3.15. The van der Waals surface area contributed by atoms with Crippen LogP contribution < -0.4 is 0 Å². The zero-order valence-electron chi connectivity index (χ0n) is 15.0. The van der Waals surface area contributed by atoms with Crippen LogP contribution in [0.3, 0.4) is 0 Å². The number of carbonyl (C=O) groups excluding carboxylic acids is 1. The third kappa shape index (κ3) is 3.40. The molecular formula is C17H30N2O5. The van der Waals surface area contributed by atoms with Crippen molar-refractivity contribution >= 4 is 6.09 Å². The summed E-state index contributed by atoms with van der Waals surface area (Å²) in [4.78, 5) is 12.5. The normalized spacial score (nSPS) is 30.8. The fourth-order valence-electron chi connectivity index (χ4n) is 4.44. The predicted molar refractivity (Wildman–Crippen MR) is 87.3 cm³/mol. The molecule has 1 aliphatic carbocycles. The highest BCUT2D eigenvalue weighted by Crippen LogP contribution is 2.43. The number of nitrogens with zero attached hydrogens (tertiary/aromatic N) is 2. The van der Waals surface area contributed by atoms with Crippen LogP contribution in [0.1, 0.15) is 39.0 Å². The van der Waals surface area contributed by atoms with Gasteiger partial charge in [0.2, 0.25) is 0 Å². The topological polar surface area (TPSA) is 60.5 Å². The van der Waals surface area contributed by atoms with E-state index in [1.807, 2.05) is 5.01 Å². The van der Waals surface area contributed by atoms with E-state index in [1.54, 1.807) is 7.11 Å². The van der Waals surface area contributed by atoms with Gasteiger partial charge in [0.15, 0.2) is 5.79 Å². The average molecular weight is 342 g/mol. The van der Waals surface area contributed by atoms with Gasteiger partial charge in [0.25, 0.3) is 0 Å². The molecule has 0 aromatic rings. The van der Waals surface area contributed by atoms with Gasteiger partial charge in [-0.3, -0.25) is 0 Å². The van der Waals surface area contributed by atoms with Gasteiger partial charge < -0.3 is 18.9 Å².